The third kappa shape index (κ3) is 4.80. The molecule has 2 heterocycles. The van der Waals surface area contributed by atoms with Crippen molar-refractivity contribution in [3.8, 4) is 0 Å². The summed E-state index contributed by atoms with van der Waals surface area (Å²) in [5.41, 5.74) is 1.47. The fraction of sp³-hybridized carbons (Fsp3) is 0.684. The highest BCUT2D eigenvalue weighted by molar-refractivity contribution is 5.14. The molecule has 1 aromatic rings. The van der Waals surface area contributed by atoms with Crippen LogP contribution in [-0.4, -0.2) is 61.7 Å². The molecule has 0 unspecified atom stereocenters. The smallest absolute Gasteiger partial charge is 0.00940 e. The van der Waals surface area contributed by atoms with Crippen molar-refractivity contribution in [2.75, 3.05) is 39.8 Å². The van der Waals surface area contributed by atoms with Crippen molar-refractivity contribution in [1.29, 1.82) is 0 Å². The maximum Gasteiger partial charge on any atom is 0.00940 e. The van der Waals surface area contributed by atoms with Crippen LogP contribution in [-0.2, 0) is 6.42 Å². The van der Waals surface area contributed by atoms with Crippen LogP contribution in [0.1, 0.15) is 31.2 Å². The van der Waals surface area contributed by atoms with Crippen molar-refractivity contribution in [2.24, 2.45) is 0 Å². The third-order valence-electron chi connectivity index (χ3n) is 5.34. The quantitative estimate of drug-likeness (QED) is 0.901. The molecule has 3 nitrogen and oxygen atoms in total. The van der Waals surface area contributed by atoms with Crippen LogP contribution in [0.2, 0.25) is 0 Å². The lowest BCUT2D eigenvalue weighted by Gasteiger charge is -2.37. The molecule has 0 spiro atoms. The van der Waals surface area contributed by atoms with Crippen molar-refractivity contribution in [3.05, 3.63) is 35.9 Å². The molecule has 3 rings (SSSR count). The van der Waals surface area contributed by atoms with Gasteiger partial charge in [-0.3, -0.25) is 0 Å². The molecule has 2 saturated heterocycles. The molecule has 22 heavy (non-hydrogen) atoms. The van der Waals surface area contributed by atoms with E-state index in [-0.39, 0.29) is 0 Å². The van der Waals surface area contributed by atoms with Gasteiger partial charge < -0.3 is 15.1 Å². The second-order valence-corrected chi connectivity index (χ2v) is 7.10. The highest BCUT2D eigenvalue weighted by Crippen LogP contribution is 2.15. The number of rotatable bonds is 5. The Morgan fingerprint density at radius 3 is 2.14 bits per heavy atom. The van der Waals surface area contributed by atoms with Crippen LogP contribution in [0, 0.1) is 0 Å². The molecule has 3 heteroatoms. The van der Waals surface area contributed by atoms with Crippen LogP contribution in [0.4, 0.5) is 0 Å². The van der Waals surface area contributed by atoms with Gasteiger partial charge in [0.05, 0.1) is 0 Å². The van der Waals surface area contributed by atoms with Gasteiger partial charge >= 0.3 is 0 Å². The highest BCUT2D eigenvalue weighted by Gasteiger charge is 2.23. The standard InChI is InChI=1S/C19H31N3/c1-21-12-8-18(9-13-21)20-19-10-15-22(16-11-19)14-7-17-5-3-2-4-6-17/h2-6,18-20H,7-16H2,1H3. The molecule has 0 aromatic heterocycles. The lowest BCUT2D eigenvalue weighted by Crippen LogP contribution is -2.49. The van der Waals surface area contributed by atoms with Gasteiger partial charge in [-0.2, -0.15) is 0 Å². The van der Waals surface area contributed by atoms with Gasteiger partial charge in [0.15, 0.2) is 0 Å². The summed E-state index contributed by atoms with van der Waals surface area (Å²) in [5, 5.41) is 3.92. The van der Waals surface area contributed by atoms with E-state index >= 15 is 0 Å². The SMILES string of the molecule is CN1CCC(NC2CCN(CCc3ccccc3)CC2)CC1. The van der Waals surface area contributed by atoms with E-state index in [1.807, 2.05) is 0 Å². The normalized spacial score (nSPS) is 23.0. The molecule has 1 N–H and O–H groups in total. The van der Waals surface area contributed by atoms with Crippen LogP contribution in [0.15, 0.2) is 30.3 Å². The zero-order valence-electron chi connectivity index (χ0n) is 14.0. The molecule has 0 amide bonds. The Morgan fingerprint density at radius 1 is 0.909 bits per heavy atom. The summed E-state index contributed by atoms with van der Waals surface area (Å²) in [7, 11) is 2.24. The maximum absolute atomic E-state index is 3.92. The van der Waals surface area contributed by atoms with E-state index in [9.17, 15) is 0 Å². The van der Waals surface area contributed by atoms with Crippen LogP contribution in [0.3, 0.4) is 0 Å². The van der Waals surface area contributed by atoms with E-state index in [4.69, 9.17) is 0 Å². The number of hydrogen-bond donors (Lipinski definition) is 1. The Balaban J connectivity index is 1.34. The first-order valence-electron chi connectivity index (χ1n) is 9.00. The predicted molar refractivity (Wildman–Crippen MR) is 93.3 cm³/mol. The molecule has 0 atom stereocenters. The third-order valence-corrected chi connectivity index (χ3v) is 5.34. The van der Waals surface area contributed by atoms with E-state index in [2.05, 4.69) is 52.5 Å². The summed E-state index contributed by atoms with van der Waals surface area (Å²) >= 11 is 0. The molecule has 2 aliphatic rings. The Bertz CT molecular complexity index is 418. The molecular formula is C19H31N3. The number of hydrogen-bond acceptors (Lipinski definition) is 3. The van der Waals surface area contributed by atoms with Gasteiger partial charge in [0.2, 0.25) is 0 Å². The van der Waals surface area contributed by atoms with Crippen molar-refractivity contribution in [3.63, 3.8) is 0 Å². The predicted octanol–water partition coefficient (Wildman–Crippen LogP) is 2.38. The monoisotopic (exact) mass is 301 g/mol. The minimum Gasteiger partial charge on any atom is -0.311 e. The second-order valence-electron chi connectivity index (χ2n) is 7.10. The molecule has 0 radical (unpaired) electrons. The first kappa shape index (κ1) is 16.0. The number of benzene rings is 1. The average molecular weight is 301 g/mol. The molecule has 122 valence electrons. The summed E-state index contributed by atoms with van der Waals surface area (Å²) in [6.07, 6.45) is 6.48. The Morgan fingerprint density at radius 2 is 1.50 bits per heavy atom. The van der Waals surface area contributed by atoms with Crippen molar-refractivity contribution in [2.45, 2.75) is 44.2 Å². The van der Waals surface area contributed by atoms with E-state index in [1.54, 1.807) is 0 Å². The molecule has 0 aliphatic carbocycles. The van der Waals surface area contributed by atoms with E-state index in [0.29, 0.717) is 0 Å². The minimum atomic E-state index is 0.751. The number of nitrogens with zero attached hydrogens (tertiary/aromatic N) is 2. The van der Waals surface area contributed by atoms with Gasteiger partial charge in [0.25, 0.3) is 0 Å². The van der Waals surface area contributed by atoms with Crippen LogP contribution >= 0.6 is 0 Å². The Hall–Kier alpha value is -0.900. The summed E-state index contributed by atoms with van der Waals surface area (Å²) in [4.78, 5) is 5.09. The van der Waals surface area contributed by atoms with Crippen LogP contribution in [0.25, 0.3) is 0 Å². The second kappa shape index (κ2) is 8.09. The van der Waals surface area contributed by atoms with Gasteiger partial charge in [-0.15, -0.1) is 0 Å². The summed E-state index contributed by atoms with van der Waals surface area (Å²) in [5.74, 6) is 0. The molecule has 2 fully saturated rings. The van der Waals surface area contributed by atoms with E-state index in [1.165, 1.54) is 70.4 Å². The lowest BCUT2D eigenvalue weighted by molar-refractivity contribution is 0.171. The van der Waals surface area contributed by atoms with E-state index in [0.717, 1.165) is 12.1 Å². The summed E-state index contributed by atoms with van der Waals surface area (Å²) in [6, 6.07) is 12.4. The number of piperidine rings is 2. The topological polar surface area (TPSA) is 18.5 Å². The van der Waals surface area contributed by atoms with Gasteiger partial charge in [0, 0.05) is 18.6 Å². The zero-order valence-corrected chi connectivity index (χ0v) is 14.0. The Kier molecular flexibility index (Phi) is 5.88. The summed E-state index contributed by atoms with van der Waals surface area (Å²) < 4.78 is 0. The van der Waals surface area contributed by atoms with Crippen LogP contribution < -0.4 is 5.32 Å². The zero-order chi connectivity index (χ0) is 15.2. The van der Waals surface area contributed by atoms with Crippen molar-refractivity contribution in [1.82, 2.24) is 15.1 Å². The molecular weight excluding hydrogens is 270 g/mol. The first-order valence-corrected chi connectivity index (χ1v) is 9.00. The maximum atomic E-state index is 3.92. The van der Waals surface area contributed by atoms with Gasteiger partial charge in [-0.25, -0.2) is 0 Å². The summed E-state index contributed by atoms with van der Waals surface area (Å²) in [6.45, 7) is 6.25. The molecule has 1 aromatic carbocycles. The van der Waals surface area contributed by atoms with Crippen molar-refractivity contribution < 1.29 is 0 Å². The average Bonchev–Trinajstić information content (AvgIpc) is 2.57. The Labute approximate surface area is 135 Å². The van der Waals surface area contributed by atoms with Gasteiger partial charge in [0.1, 0.15) is 0 Å². The number of nitrogens with one attached hydrogen (secondary N) is 1. The fourth-order valence-electron chi connectivity index (χ4n) is 3.76. The van der Waals surface area contributed by atoms with Crippen molar-refractivity contribution >= 4 is 0 Å². The number of likely N-dealkylation sites (tertiary alicyclic amines) is 2. The molecule has 2 aliphatic heterocycles. The lowest BCUT2D eigenvalue weighted by atomic mass is 9.99. The molecule has 0 saturated carbocycles. The first-order chi connectivity index (χ1) is 10.8. The highest BCUT2D eigenvalue weighted by atomic mass is 15.2. The van der Waals surface area contributed by atoms with E-state index < -0.39 is 0 Å². The fourth-order valence-corrected chi connectivity index (χ4v) is 3.76. The van der Waals surface area contributed by atoms with Gasteiger partial charge in [-0.1, -0.05) is 30.3 Å². The van der Waals surface area contributed by atoms with Gasteiger partial charge in [-0.05, 0) is 70.9 Å². The van der Waals surface area contributed by atoms with Crippen LogP contribution in [0.5, 0.6) is 0 Å². The minimum absolute atomic E-state index is 0.751. The largest absolute Gasteiger partial charge is 0.311 e. The molecule has 0 bridgehead atoms.